The van der Waals surface area contributed by atoms with Crippen molar-refractivity contribution in [3.05, 3.63) is 108 Å². The molecule has 38 heavy (non-hydrogen) atoms. The maximum atomic E-state index is 13.3. The summed E-state index contributed by atoms with van der Waals surface area (Å²) in [6.45, 7) is 3.02. The van der Waals surface area contributed by atoms with Crippen molar-refractivity contribution in [1.82, 2.24) is 25.0 Å². The molecule has 199 valence electrons. The predicted molar refractivity (Wildman–Crippen MR) is 129 cm³/mol. The molecule has 0 N–H and O–H groups in total. The van der Waals surface area contributed by atoms with Gasteiger partial charge in [-0.15, -0.1) is 12.1 Å². The summed E-state index contributed by atoms with van der Waals surface area (Å²) in [4.78, 5) is 3.87. The van der Waals surface area contributed by atoms with Gasteiger partial charge in [0.25, 0.3) is 0 Å². The first-order chi connectivity index (χ1) is 17.8. The maximum Gasteiger partial charge on any atom is 0.431 e. The van der Waals surface area contributed by atoms with Gasteiger partial charge in [0, 0.05) is 55.5 Å². The third kappa shape index (κ3) is 7.59. The second kappa shape index (κ2) is 13.1. The molecule has 0 fully saturated rings. The van der Waals surface area contributed by atoms with E-state index in [1.54, 1.807) is 18.2 Å². The largest absolute Gasteiger partial charge is 0.573 e. The molecule has 0 bridgehead atoms. The number of pyridine rings is 1. The van der Waals surface area contributed by atoms with E-state index in [1.807, 2.05) is 42.1 Å². The van der Waals surface area contributed by atoms with Crippen molar-refractivity contribution in [3.8, 4) is 28.4 Å². The molecular formula is C27H21F4IrN5O-2. The van der Waals surface area contributed by atoms with E-state index in [4.69, 9.17) is 4.74 Å². The summed E-state index contributed by atoms with van der Waals surface area (Å²) in [5.74, 6) is 0.100. The van der Waals surface area contributed by atoms with E-state index in [2.05, 4.69) is 38.5 Å². The van der Waals surface area contributed by atoms with Gasteiger partial charge < -0.3 is 14.9 Å². The number of ether oxygens (including phenoxy) is 1. The van der Waals surface area contributed by atoms with Crippen LogP contribution in [0.2, 0.25) is 0 Å². The third-order valence-electron chi connectivity index (χ3n) is 5.01. The van der Waals surface area contributed by atoms with Crippen LogP contribution in [0.3, 0.4) is 0 Å². The minimum atomic E-state index is -4.46. The van der Waals surface area contributed by atoms with Crippen LogP contribution >= 0.6 is 0 Å². The number of rotatable bonds is 6. The van der Waals surface area contributed by atoms with Gasteiger partial charge in [0.1, 0.15) is 5.69 Å². The van der Waals surface area contributed by atoms with Crippen molar-refractivity contribution in [1.29, 1.82) is 0 Å². The monoisotopic (exact) mass is 700 g/mol. The summed E-state index contributed by atoms with van der Waals surface area (Å²) in [7, 11) is 0. The average Bonchev–Trinajstić information content (AvgIpc) is 3.57. The van der Waals surface area contributed by atoms with E-state index in [0.717, 1.165) is 11.8 Å². The summed E-state index contributed by atoms with van der Waals surface area (Å²) in [6.07, 6.45) is -1.08. The molecule has 0 amide bonds. The maximum absolute atomic E-state index is 13.3. The van der Waals surface area contributed by atoms with Crippen molar-refractivity contribution in [3.63, 3.8) is 0 Å². The predicted octanol–water partition coefficient (Wildman–Crippen LogP) is 6.05. The molecule has 3 heterocycles. The fourth-order valence-corrected chi connectivity index (χ4v) is 3.35. The number of benzene rings is 2. The first kappa shape index (κ1) is 28.7. The molecule has 11 heteroatoms. The molecule has 0 aliphatic rings. The summed E-state index contributed by atoms with van der Waals surface area (Å²) in [6, 6.07) is 23.3. The number of alkyl halides is 3. The Balaban J connectivity index is 0.000000220. The second-order valence-corrected chi connectivity index (χ2v) is 7.70. The minimum absolute atomic E-state index is 0. The topological polar surface area (TPSA) is 66.9 Å². The molecule has 0 unspecified atom stereocenters. The normalized spacial score (nSPS) is 10.8. The van der Waals surface area contributed by atoms with Crippen LogP contribution in [0, 0.1) is 11.9 Å². The molecule has 0 spiro atoms. The first-order valence-electron chi connectivity index (χ1n) is 11.2. The van der Waals surface area contributed by atoms with E-state index in [1.165, 1.54) is 23.9 Å². The first-order valence-corrected chi connectivity index (χ1v) is 11.2. The van der Waals surface area contributed by atoms with E-state index in [9.17, 15) is 17.6 Å². The Morgan fingerprint density at radius 3 is 2.42 bits per heavy atom. The quantitative estimate of drug-likeness (QED) is 0.160. The Kier molecular flexibility index (Phi) is 9.92. The molecule has 0 saturated carbocycles. The zero-order valence-corrected chi connectivity index (χ0v) is 22.4. The van der Waals surface area contributed by atoms with Crippen LogP contribution in [-0.2, 0) is 32.8 Å². The summed E-state index contributed by atoms with van der Waals surface area (Å²) < 4.78 is 57.2. The summed E-state index contributed by atoms with van der Waals surface area (Å²) >= 11 is 0. The number of hydrogen-bond acceptors (Lipinski definition) is 4. The van der Waals surface area contributed by atoms with E-state index >= 15 is 0 Å². The van der Waals surface area contributed by atoms with E-state index in [-0.39, 0.29) is 31.6 Å². The van der Waals surface area contributed by atoms with Crippen LogP contribution in [0.25, 0.3) is 22.6 Å². The minimum Gasteiger partial charge on any atom is -0.573 e. The van der Waals surface area contributed by atoms with Crippen molar-refractivity contribution in [2.45, 2.75) is 19.6 Å². The number of hydrogen-bond donors (Lipinski definition) is 0. The SMILES string of the molecule is CCOc1cc(F)c[c-]c1-c1ccn(Cc2ccccc2)n1.FC(F)(F)c1cc(-c2ccccn2)[n-]n1.[Ir]. The van der Waals surface area contributed by atoms with Crippen LogP contribution < -0.4 is 9.84 Å². The molecule has 6 nitrogen and oxygen atoms in total. The van der Waals surface area contributed by atoms with Crippen LogP contribution in [-0.4, -0.2) is 26.5 Å². The van der Waals surface area contributed by atoms with Gasteiger partial charge >= 0.3 is 6.18 Å². The number of aromatic nitrogens is 5. The van der Waals surface area contributed by atoms with Crippen molar-refractivity contribution in [2.75, 3.05) is 6.61 Å². The van der Waals surface area contributed by atoms with Gasteiger partial charge in [0.05, 0.1) is 13.2 Å². The average molecular weight is 700 g/mol. The van der Waals surface area contributed by atoms with Gasteiger partial charge in [-0.2, -0.15) is 13.2 Å². The molecule has 3 aromatic heterocycles. The molecule has 2 aromatic carbocycles. The van der Waals surface area contributed by atoms with Crippen molar-refractivity contribution >= 4 is 0 Å². The van der Waals surface area contributed by atoms with Gasteiger partial charge in [0.15, 0.2) is 0 Å². The summed E-state index contributed by atoms with van der Waals surface area (Å²) in [5.41, 5.74) is 2.08. The standard InChI is InChI=1S/C18H16FN2O.C9H5F3N3.Ir/c1-2-22-18-12-15(19)8-9-16(18)17-10-11-21(20-17)13-14-6-4-3-5-7-14;10-9(11,12)8-5-7(14-15-8)6-3-1-2-4-13-6;/h3-8,10-12H,2,13H2,1H3;1-5H;/q2*-1;. The van der Waals surface area contributed by atoms with Gasteiger partial charge in [-0.05, 0) is 30.7 Å². The Labute approximate surface area is 230 Å². The van der Waals surface area contributed by atoms with Gasteiger partial charge in [-0.25, -0.2) is 5.10 Å². The van der Waals surface area contributed by atoms with E-state index in [0.29, 0.717) is 30.2 Å². The number of nitrogens with zero attached hydrogens (tertiary/aromatic N) is 5. The molecular weight excluding hydrogens is 679 g/mol. The summed E-state index contributed by atoms with van der Waals surface area (Å²) in [5, 5.41) is 11.0. The van der Waals surface area contributed by atoms with Crippen molar-refractivity contribution < 1.29 is 42.4 Å². The smallest absolute Gasteiger partial charge is 0.431 e. The molecule has 0 saturated heterocycles. The molecule has 0 aliphatic carbocycles. The Hall–Kier alpha value is -3.82. The Morgan fingerprint density at radius 2 is 1.76 bits per heavy atom. The zero-order valence-electron chi connectivity index (χ0n) is 20.0. The molecule has 5 rings (SSSR count). The number of halogens is 4. The van der Waals surface area contributed by atoms with E-state index < -0.39 is 11.9 Å². The molecule has 5 aromatic rings. The van der Waals surface area contributed by atoms with Crippen LogP contribution in [0.5, 0.6) is 5.75 Å². The van der Waals surface area contributed by atoms with Crippen molar-refractivity contribution in [2.24, 2.45) is 0 Å². The van der Waals surface area contributed by atoms with Gasteiger partial charge in [-0.1, -0.05) is 59.8 Å². The Bertz CT molecular complexity index is 1420. The van der Waals surface area contributed by atoms with Gasteiger partial charge in [0.2, 0.25) is 0 Å². The fourth-order valence-electron chi connectivity index (χ4n) is 3.35. The molecule has 1 radical (unpaired) electrons. The van der Waals surface area contributed by atoms with Crippen LogP contribution in [0.15, 0.2) is 85.2 Å². The fraction of sp³-hybridized carbons (Fsp3) is 0.148. The molecule has 0 aliphatic heterocycles. The van der Waals surface area contributed by atoms with Crippen LogP contribution in [0.4, 0.5) is 17.6 Å². The van der Waals surface area contributed by atoms with Crippen LogP contribution in [0.1, 0.15) is 18.2 Å². The zero-order chi connectivity index (χ0) is 26.3. The van der Waals surface area contributed by atoms with Gasteiger partial charge in [-0.3, -0.25) is 14.1 Å². The molecule has 0 atom stereocenters. The second-order valence-electron chi connectivity index (χ2n) is 7.70. The Morgan fingerprint density at radius 1 is 1.00 bits per heavy atom. The third-order valence-corrected chi connectivity index (χ3v) is 5.01.